The Hall–Kier alpha value is 0.270. The number of aliphatic hydroxyl groups excluding tert-OH is 1. The van der Waals surface area contributed by atoms with Gasteiger partial charge in [0, 0.05) is 11.8 Å². The zero-order chi connectivity index (χ0) is 9.40. The van der Waals surface area contributed by atoms with E-state index in [1.165, 1.54) is 5.75 Å². The van der Waals surface area contributed by atoms with Crippen LogP contribution in [-0.2, 0) is 0 Å². The normalized spacial score (nSPS) is 13.8. The van der Waals surface area contributed by atoms with Gasteiger partial charge >= 0.3 is 0 Å². The number of nitrogens with one attached hydrogen (secondary N) is 1. The van der Waals surface area contributed by atoms with Crippen LogP contribution >= 0.6 is 11.8 Å². The van der Waals surface area contributed by atoms with Crippen LogP contribution in [-0.4, -0.2) is 35.8 Å². The molecule has 1 unspecified atom stereocenters. The molecular formula is C9H21NOS. The molecule has 0 fully saturated rings. The van der Waals surface area contributed by atoms with Crippen molar-refractivity contribution in [1.29, 1.82) is 0 Å². The zero-order valence-corrected chi connectivity index (χ0v) is 9.16. The minimum absolute atomic E-state index is 0.249. The highest BCUT2D eigenvalue weighted by Crippen LogP contribution is 2.08. The molecule has 0 radical (unpaired) electrons. The van der Waals surface area contributed by atoms with Crippen LogP contribution < -0.4 is 5.32 Å². The third-order valence-electron chi connectivity index (χ3n) is 1.48. The predicted octanol–water partition coefficient (Wildman–Crippen LogP) is 1.35. The van der Waals surface area contributed by atoms with E-state index in [9.17, 15) is 0 Å². The average Bonchev–Trinajstić information content (AvgIpc) is 2.02. The molecule has 0 saturated heterocycles. The van der Waals surface area contributed by atoms with E-state index in [0.717, 1.165) is 18.2 Å². The fraction of sp³-hybridized carbons (Fsp3) is 1.00. The lowest BCUT2D eigenvalue weighted by Gasteiger charge is -2.14. The van der Waals surface area contributed by atoms with Crippen molar-refractivity contribution in [2.45, 2.75) is 26.8 Å². The maximum Gasteiger partial charge on any atom is 0.0592 e. The highest BCUT2D eigenvalue weighted by Gasteiger charge is 2.05. The molecule has 3 heteroatoms. The third kappa shape index (κ3) is 6.95. The molecular weight excluding hydrogens is 170 g/mol. The van der Waals surface area contributed by atoms with Crippen molar-refractivity contribution in [3.8, 4) is 0 Å². The van der Waals surface area contributed by atoms with Gasteiger partial charge in [-0.25, -0.2) is 0 Å². The fourth-order valence-corrected chi connectivity index (χ4v) is 2.03. The lowest BCUT2D eigenvalue weighted by molar-refractivity contribution is 0.255. The number of aliphatic hydroxyl groups is 1. The summed E-state index contributed by atoms with van der Waals surface area (Å²) in [7, 11) is 0. The van der Waals surface area contributed by atoms with Gasteiger partial charge < -0.3 is 10.4 Å². The maximum atomic E-state index is 8.95. The standard InChI is InChI=1S/C9H21NOS/c1-4-10-9(5-11)7-12-6-8(2)3/h8-11H,4-7H2,1-3H3. The smallest absolute Gasteiger partial charge is 0.0592 e. The summed E-state index contributed by atoms with van der Waals surface area (Å²) in [5.41, 5.74) is 0. The molecule has 0 heterocycles. The fourth-order valence-electron chi connectivity index (χ4n) is 0.911. The van der Waals surface area contributed by atoms with Crippen molar-refractivity contribution < 1.29 is 5.11 Å². The first kappa shape index (κ1) is 12.3. The Bertz CT molecular complexity index is 98.5. The van der Waals surface area contributed by atoms with E-state index in [-0.39, 0.29) is 12.6 Å². The van der Waals surface area contributed by atoms with E-state index in [2.05, 4.69) is 26.1 Å². The van der Waals surface area contributed by atoms with Crippen LogP contribution in [0.2, 0.25) is 0 Å². The molecule has 1 atom stereocenters. The second-order valence-corrected chi connectivity index (χ2v) is 4.44. The molecule has 0 aliphatic carbocycles. The monoisotopic (exact) mass is 191 g/mol. The summed E-state index contributed by atoms with van der Waals surface area (Å²) < 4.78 is 0. The molecule has 0 amide bonds. The minimum atomic E-state index is 0.249. The summed E-state index contributed by atoms with van der Waals surface area (Å²) in [5.74, 6) is 2.95. The Morgan fingerprint density at radius 1 is 1.33 bits per heavy atom. The van der Waals surface area contributed by atoms with Gasteiger partial charge in [0.05, 0.1) is 6.61 Å². The molecule has 0 rings (SSSR count). The van der Waals surface area contributed by atoms with Crippen molar-refractivity contribution in [3.63, 3.8) is 0 Å². The van der Waals surface area contributed by atoms with E-state index in [4.69, 9.17) is 5.11 Å². The molecule has 0 bridgehead atoms. The van der Waals surface area contributed by atoms with Crippen LogP contribution in [0.3, 0.4) is 0 Å². The summed E-state index contributed by atoms with van der Waals surface area (Å²) >= 11 is 1.91. The summed E-state index contributed by atoms with van der Waals surface area (Å²) in [6, 6.07) is 0.277. The van der Waals surface area contributed by atoms with Gasteiger partial charge in [-0.1, -0.05) is 20.8 Å². The lowest BCUT2D eigenvalue weighted by atomic mass is 10.3. The molecule has 12 heavy (non-hydrogen) atoms. The number of hydrogen-bond acceptors (Lipinski definition) is 3. The highest BCUT2D eigenvalue weighted by molar-refractivity contribution is 7.99. The van der Waals surface area contributed by atoms with Crippen LogP contribution in [0.25, 0.3) is 0 Å². The SMILES string of the molecule is CCNC(CO)CSCC(C)C. The van der Waals surface area contributed by atoms with Gasteiger partial charge in [-0.15, -0.1) is 0 Å². The molecule has 0 aromatic rings. The molecule has 0 aromatic heterocycles. The van der Waals surface area contributed by atoms with Crippen LogP contribution in [0.1, 0.15) is 20.8 Å². The van der Waals surface area contributed by atoms with Gasteiger partial charge in [0.2, 0.25) is 0 Å². The summed E-state index contributed by atoms with van der Waals surface area (Å²) in [6.45, 7) is 7.69. The highest BCUT2D eigenvalue weighted by atomic mass is 32.2. The maximum absolute atomic E-state index is 8.95. The Balaban J connectivity index is 3.31. The molecule has 0 aliphatic heterocycles. The van der Waals surface area contributed by atoms with Crippen molar-refractivity contribution in [1.82, 2.24) is 5.32 Å². The van der Waals surface area contributed by atoms with Gasteiger partial charge in [0.1, 0.15) is 0 Å². The Labute approximate surface area is 80.1 Å². The van der Waals surface area contributed by atoms with Gasteiger partial charge in [0.15, 0.2) is 0 Å². The van der Waals surface area contributed by atoms with E-state index in [1.807, 2.05) is 11.8 Å². The Morgan fingerprint density at radius 2 is 2.00 bits per heavy atom. The van der Waals surface area contributed by atoms with Crippen LogP contribution in [0, 0.1) is 5.92 Å². The Morgan fingerprint density at radius 3 is 2.42 bits per heavy atom. The number of rotatable bonds is 7. The zero-order valence-electron chi connectivity index (χ0n) is 8.34. The number of hydrogen-bond donors (Lipinski definition) is 2. The van der Waals surface area contributed by atoms with E-state index in [1.54, 1.807) is 0 Å². The number of thioether (sulfide) groups is 1. The van der Waals surface area contributed by atoms with Crippen molar-refractivity contribution in [3.05, 3.63) is 0 Å². The van der Waals surface area contributed by atoms with Gasteiger partial charge in [-0.3, -0.25) is 0 Å². The topological polar surface area (TPSA) is 32.3 Å². The molecule has 0 aromatic carbocycles. The van der Waals surface area contributed by atoms with Gasteiger partial charge in [-0.05, 0) is 18.2 Å². The van der Waals surface area contributed by atoms with Gasteiger partial charge in [0.25, 0.3) is 0 Å². The van der Waals surface area contributed by atoms with Crippen LogP contribution in [0.5, 0.6) is 0 Å². The summed E-state index contributed by atoms with van der Waals surface area (Å²) in [6.07, 6.45) is 0. The molecule has 0 spiro atoms. The average molecular weight is 191 g/mol. The second-order valence-electron chi connectivity index (χ2n) is 3.37. The lowest BCUT2D eigenvalue weighted by Crippen LogP contribution is -2.34. The predicted molar refractivity (Wildman–Crippen MR) is 56.7 cm³/mol. The first-order chi connectivity index (χ1) is 5.70. The minimum Gasteiger partial charge on any atom is -0.395 e. The van der Waals surface area contributed by atoms with Crippen LogP contribution in [0.15, 0.2) is 0 Å². The van der Waals surface area contributed by atoms with Crippen LogP contribution in [0.4, 0.5) is 0 Å². The quantitative estimate of drug-likeness (QED) is 0.637. The van der Waals surface area contributed by atoms with Gasteiger partial charge in [-0.2, -0.15) is 11.8 Å². The largest absolute Gasteiger partial charge is 0.395 e. The third-order valence-corrected chi connectivity index (χ3v) is 3.02. The summed E-state index contributed by atoms with van der Waals surface area (Å²) in [5, 5.41) is 12.2. The molecule has 2 nitrogen and oxygen atoms in total. The van der Waals surface area contributed by atoms with Crippen molar-refractivity contribution in [2.24, 2.45) is 5.92 Å². The summed E-state index contributed by atoms with van der Waals surface area (Å²) in [4.78, 5) is 0. The second kappa shape index (κ2) is 7.90. The van der Waals surface area contributed by atoms with E-state index in [0.29, 0.717) is 0 Å². The molecule has 2 N–H and O–H groups in total. The first-order valence-electron chi connectivity index (χ1n) is 4.62. The van der Waals surface area contributed by atoms with E-state index < -0.39 is 0 Å². The van der Waals surface area contributed by atoms with Crippen molar-refractivity contribution in [2.75, 3.05) is 24.7 Å². The first-order valence-corrected chi connectivity index (χ1v) is 5.78. The number of likely N-dealkylation sites (N-methyl/N-ethyl adjacent to an activating group) is 1. The van der Waals surface area contributed by atoms with Crippen molar-refractivity contribution >= 4 is 11.8 Å². The molecule has 74 valence electrons. The molecule has 0 aliphatic rings. The Kier molecular flexibility index (Phi) is 8.07. The van der Waals surface area contributed by atoms with E-state index >= 15 is 0 Å². The molecule has 0 saturated carbocycles.